The van der Waals surface area contributed by atoms with E-state index in [1.165, 1.54) is 59.0 Å². The molecule has 1 saturated heterocycles. The van der Waals surface area contributed by atoms with Crippen LogP contribution >= 0.6 is 0 Å². The summed E-state index contributed by atoms with van der Waals surface area (Å²) >= 11 is 0. The first-order valence-corrected chi connectivity index (χ1v) is 11.1. The van der Waals surface area contributed by atoms with E-state index < -0.39 is 23.4 Å². The smallest absolute Gasteiger partial charge is 0.338 e. The van der Waals surface area contributed by atoms with Gasteiger partial charge < -0.3 is 10.1 Å². The van der Waals surface area contributed by atoms with Crippen molar-refractivity contribution in [1.82, 2.24) is 0 Å². The SMILES string of the molecule is CC1=C[C@H]2C[C@H]1[C@@H]1C(=O)N(c3ccc(C(=O)OCC(=O)Nc4cccc([N+](=O)[O-])c4)cc3)C(=O)[C@@H]12. The Morgan fingerprint density at radius 1 is 1.11 bits per heavy atom. The highest BCUT2D eigenvalue weighted by molar-refractivity contribution is 6.23. The number of amides is 3. The summed E-state index contributed by atoms with van der Waals surface area (Å²) in [6.45, 7) is 1.41. The van der Waals surface area contributed by atoms with Gasteiger partial charge >= 0.3 is 5.97 Å². The minimum absolute atomic E-state index is 0.105. The Hall–Kier alpha value is -4.34. The van der Waals surface area contributed by atoms with E-state index in [1.54, 1.807) is 0 Å². The number of fused-ring (bicyclic) bond motifs is 5. The van der Waals surface area contributed by atoms with Crippen molar-refractivity contribution in [2.45, 2.75) is 13.3 Å². The van der Waals surface area contributed by atoms with Crippen LogP contribution in [-0.2, 0) is 19.1 Å². The van der Waals surface area contributed by atoms with Crippen LogP contribution in [0, 0.1) is 33.8 Å². The average Bonchev–Trinajstić information content (AvgIpc) is 3.48. The van der Waals surface area contributed by atoms with Crippen molar-refractivity contribution in [2.75, 3.05) is 16.8 Å². The first kappa shape index (κ1) is 22.5. The predicted molar refractivity (Wildman–Crippen MR) is 123 cm³/mol. The minimum Gasteiger partial charge on any atom is -0.452 e. The topological polar surface area (TPSA) is 136 Å². The van der Waals surface area contributed by atoms with Crippen LogP contribution in [0.25, 0.3) is 0 Å². The van der Waals surface area contributed by atoms with Crippen molar-refractivity contribution >= 4 is 40.8 Å². The number of nitro benzene ring substituents is 1. The largest absolute Gasteiger partial charge is 0.452 e. The van der Waals surface area contributed by atoms with Crippen LogP contribution in [0.5, 0.6) is 0 Å². The quantitative estimate of drug-likeness (QED) is 0.223. The van der Waals surface area contributed by atoms with Gasteiger partial charge in [0.05, 0.1) is 28.0 Å². The summed E-state index contributed by atoms with van der Waals surface area (Å²) < 4.78 is 5.02. The molecule has 0 radical (unpaired) electrons. The number of anilines is 2. The number of imide groups is 1. The Morgan fingerprint density at radius 2 is 1.83 bits per heavy atom. The maximum absolute atomic E-state index is 13.0. The van der Waals surface area contributed by atoms with Gasteiger partial charge in [-0.3, -0.25) is 29.4 Å². The zero-order chi connectivity index (χ0) is 24.9. The number of esters is 1. The summed E-state index contributed by atoms with van der Waals surface area (Å²) in [5, 5.41) is 13.3. The Balaban J connectivity index is 1.20. The first-order chi connectivity index (χ1) is 16.7. The van der Waals surface area contributed by atoms with E-state index in [0.717, 1.165) is 6.42 Å². The molecular formula is C25H21N3O7. The number of carbonyl (C=O) groups is 4. The number of ether oxygens (including phenoxy) is 1. The van der Waals surface area contributed by atoms with Gasteiger partial charge in [0.15, 0.2) is 6.61 Å². The molecule has 3 amide bonds. The van der Waals surface area contributed by atoms with Gasteiger partial charge in [-0.25, -0.2) is 4.79 Å². The lowest BCUT2D eigenvalue weighted by Gasteiger charge is -2.19. The predicted octanol–water partition coefficient (Wildman–Crippen LogP) is 3.09. The van der Waals surface area contributed by atoms with Crippen molar-refractivity contribution in [3.8, 4) is 0 Å². The Morgan fingerprint density at radius 3 is 2.54 bits per heavy atom. The number of rotatable bonds is 6. The molecule has 178 valence electrons. The molecule has 0 spiro atoms. The molecule has 1 saturated carbocycles. The van der Waals surface area contributed by atoms with Crippen LogP contribution in [0.2, 0.25) is 0 Å². The highest BCUT2D eigenvalue weighted by Gasteiger charge is 2.60. The maximum atomic E-state index is 13.0. The van der Waals surface area contributed by atoms with Crippen LogP contribution in [0.15, 0.2) is 60.2 Å². The molecule has 5 rings (SSSR count). The van der Waals surface area contributed by atoms with Crippen LogP contribution in [0.4, 0.5) is 17.1 Å². The fraction of sp³-hybridized carbons (Fsp3) is 0.280. The molecule has 2 fully saturated rings. The summed E-state index contributed by atoms with van der Waals surface area (Å²) in [6, 6.07) is 11.3. The average molecular weight is 475 g/mol. The lowest BCUT2D eigenvalue weighted by Crippen LogP contribution is -2.33. The normalized spacial score (nSPS) is 24.3. The van der Waals surface area contributed by atoms with E-state index in [9.17, 15) is 29.3 Å². The van der Waals surface area contributed by atoms with Crippen LogP contribution < -0.4 is 10.2 Å². The standard InChI is InChI=1S/C25H21N3O7/c1-13-9-15-10-19(13)22-21(15)23(30)27(24(22)31)17-7-5-14(6-8-17)25(32)35-12-20(29)26-16-3-2-4-18(11-16)28(33)34/h2-9,11,15,19,21-22H,10,12H2,1H3,(H,26,29)/t15-,19+,21+,22-/m0/s1. The molecular weight excluding hydrogens is 454 g/mol. The highest BCUT2D eigenvalue weighted by Crippen LogP contribution is 2.55. The van der Waals surface area contributed by atoms with Gasteiger partial charge in [0.25, 0.3) is 11.6 Å². The molecule has 2 aromatic rings. The summed E-state index contributed by atoms with van der Waals surface area (Å²) in [4.78, 5) is 61.9. The molecule has 1 N–H and O–H groups in total. The van der Waals surface area contributed by atoms with Crippen LogP contribution in [-0.4, -0.2) is 35.2 Å². The van der Waals surface area contributed by atoms with Crippen LogP contribution in [0.3, 0.4) is 0 Å². The fourth-order valence-electron chi connectivity index (χ4n) is 5.38. The lowest BCUT2D eigenvalue weighted by atomic mass is 9.82. The van der Waals surface area contributed by atoms with Crippen molar-refractivity contribution in [1.29, 1.82) is 0 Å². The molecule has 10 nitrogen and oxygen atoms in total. The van der Waals surface area contributed by atoms with Gasteiger partial charge in [0.2, 0.25) is 11.8 Å². The molecule has 35 heavy (non-hydrogen) atoms. The number of nitro groups is 1. The summed E-state index contributed by atoms with van der Waals surface area (Å²) in [7, 11) is 0. The van der Waals surface area contributed by atoms with Gasteiger partial charge in [-0.1, -0.05) is 17.7 Å². The van der Waals surface area contributed by atoms with Gasteiger partial charge in [0.1, 0.15) is 0 Å². The molecule has 1 aliphatic heterocycles. The van der Waals surface area contributed by atoms with Crippen molar-refractivity contribution in [3.05, 3.63) is 75.9 Å². The second kappa shape index (κ2) is 8.46. The van der Waals surface area contributed by atoms with E-state index in [-0.39, 0.29) is 52.4 Å². The number of carbonyl (C=O) groups excluding carboxylic acids is 4. The van der Waals surface area contributed by atoms with Gasteiger partial charge in [0, 0.05) is 17.8 Å². The molecule has 0 aromatic heterocycles. The van der Waals surface area contributed by atoms with E-state index in [1.807, 2.05) is 6.92 Å². The molecule has 2 aliphatic carbocycles. The number of benzene rings is 2. The number of non-ortho nitro benzene ring substituents is 1. The number of hydrogen-bond acceptors (Lipinski definition) is 7. The maximum Gasteiger partial charge on any atom is 0.338 e. The van der Waals surface area contributed by atoms with E-state index >= 15 is 0 Å². The Labute approximate surface area is 199 Å². The molecule has 4 atom stereocenters. The molecule has 3 aliphatic rings. The van der Waals surface area contributed by atoms with Crippen molar-refractivity contribution in [2.24, 2.45) is 23.7 Å². The fourth-order valence-corrected chi connectivity index (χ4v) is 5.38. The molecule has 0 unspecified atom stereocenters. The number of allylic oxidation sites excluding steroid dienone is 2. The molecule has 2 aromatic carbocycles. The van der Waals surface area contributed by atoms with Crippen LogP contribution in [0.1, 0.15) is 23.7 Å². The molecule has 2 bridgehead atoms. The Kier molecular flexibility index (Phi) is 5.43. The van der Waals surface area contributed by atoms with E-state index in [0.29, 0.717) is 5.69 Å². The van der Waals surface area contributed by atoms with Gasteiger partial charge in [-0.05, 0) is 55.5 Å². The summed E-state index contributed by atoms with van der Waals surface area (Å²) in [5.74, 6) is -2.23. The summed E-state index contributed by atoms with van der Waals surface area (Å²) in [6.07, 6.45) is 2.96. The number of hydrogen-bond donors (Lipinski definition) is 1. The third-order valence-electron chi connectivity index (χ3n) is 6.92. The number of nitrogens with one attached hydrogen (secondary N) is 1. The summed E-state index contributed by atoms with van der Waals surface area (Å²) in [5.41, 5.74) is 1.73. The zero-order valence-corrected chi connectivity index (χ0v) is 18.7. The Bertz CT molecular complexity index is 1300. The third-order valence-corrected chi connectivity index (χ3v) is 6.92. The lowest BCUT2D eigenvalue weighted by molar-refractivity contribution is -0.384. The highest BCUT2D eigenvalue weighted by atomic mass is 16.6. The molecule has 1 heterocycles. The first-order valence-electron chi connectivity index (χ1n) is 11.1. The minimum atomic E-state index is -0.764. The van der Waals surface area contributed by atoms with Gasteiger partial charge in [-0.2, -0.15) is 0 Å². The molecule has 10 heteroatoms. The number of nitrogens with zero attached hydrogens (tertiary/aromatic N) is 2. The second-order valence-corrected chi connectivity index (χ2v) is 8.96. The van der Waals surface area contributed by atoms with Crippen molar-refractivity contribution < 1.29 is 28.8 Å². The van der Waals surface area contributed by atoms with Crippen molar-refractivity contribution in [3.63, 3.8) is 0 Å². The monoisotopic (exact) mass is 475 g/mol. The third kappa shape index (κ3) is 3.86. The zero-order valence-electron chi connectivity index (χ0n) is 18.7. The van der Waals surface area contributed by atoms with Gasteiger partial charge in [-0.15, -0.1) is 0 Å². The van der Waals surface area contributed by atoms with E-state index in [4.69, 9.17) is 4.74 Å². The van der Waals surface area contributed by atoms with E-state index in [2.05, 4.69) is 11.4 Å². The second-order valence-electron chi connectivity index (χ2n) is 8.96.